The molecule has 0 bridgehead atoms. The third-order valence-corrected chi connectivity index (χ3v) is 16.5. The molecule has 428 valence electrons. The number of hydrogen-bond donors (Lipinski definition) is 6. The number of nitrogens with zero attached hydrogens (tertiary/aromatic N) is 8. The monoisotopic (exact) mass is 1090 g/mol. The predicted molar refractivity (Wildman–Crippen MR) is 297 cm³/mol. The Morgan fingerprint density at radius 1 is 0.544 bits per heavy atom. The van der Waals surface area contributed by atoms with Gasteiger partial charge in [-0.05, 0) is 129 Å². The number of aryl methyl sites for hydroxylation is 2. The lowest BCUT2D eigenvalue weighted by Crippen LogP contribution is -2.58. The smallest absolute Gasteiger partial charge is 0.246 e. The molecule has 0 saturated carbocycles. The van der Waals surface area contributed by atoms with E-state index < -0.39 is 48.3 Å². The Hall–Kier alpha value is -6.58. The van der Waals surface area contributed by atoms with Gasteiger partial charge in [0.05, 0.1) is 36.6 Å². The Kier molecular flexibility index (Phi) is 21.5. The average molecular weight is 1090 g/mol. The standard InChI is InChI=1S/C58H84N14O7/c1-39(59-3)53(73)61-45-27-15-13-25-43-29-31-49(71(43)57(45)77)55(75)63-51(41-21-9-5-10-22-41)47-37-69(67-65-47)33-17-7-19-35-79-36-20-8-18-34-70-38-48(66-68-70)52(42-23-11-6-12-24-42)64-56(76)50-32-30-44-26-14-16-28-46(58(78)72(44)50)62-54(74)40(2)60-4/h5-6,9-12,21-24,37-40,43-46,49-52,59-60H,7-8,13-20,25-36H2,1-4H3,(H,61,73)(H,62,74)(H,63,75)(H,64,76)/t39-,40-,43-,44-,45-,46-,49-,50-,51-,52+/m0/s1. The molecule has 6 heterocycles. The van der Waals surface area contributed by atoms with E-state index in [1.165, 1.54) is 0 Å². The molecular formula is C58H84N14O7. The molecule has 79 heavy (non-hydrogen) atoms. The van der Waals surface area contributed by atoms with E-state index in [-0.39, 0.29) is 47.5 Å². The lowest BCUT2D eigenvalue weighted by atomic mass is 9.98. The molecule has 21 heteroatoms. The zero-order chi connectivity index (χ0) is 55.7. The number of carbonyl (C=O) groups excluding carboxylic acids is 6. The van der Waals surface area contributed by atoms with E-state index in [0.29, 0.717) is 63.4 Å². The molecule has 6 N–H and O–H groups in total. The minimum atomic E-state index is -0.676. The number of likely N-dealkylation sites (N-methyl/N-ethyl adjacent to an activating group) is 2. The van der Waals surface area contributed by atoms with Crippen molar-refractivity contribution in [3.05, 3.63) is 95.6 Å². The van der Waals surface area contributed by atoms with E-state index in [1.807, 2.05) is 82.4 Å². The Labute approximate surface area is 464 Å². The molecule has 0 aliphatic carbocycles. The van der Waals surface area contributed by atoms with E-state index in [0.717, 1.165) is 101 Å². The van der Waals surface area contributed by atoms with Crippen LogP contribution in [0.15, 0.2) is 73.1 Å². The minimum Gasteiger partial charge on any atom is -0.381 e. The van der Waals surface area contributed by atoms with E-state index in [9.17, 15) is 28.8 Å². The fraction of sp³-hybridized carbons (Fsp3) is 0.621. The summed E-state index contributed by atoms with van der Waals surface area (Å²) in [6.07, 6.45) is 18.1. The third kappa shape index (κ3) is 15.4. The van der Waals surface area contributed by atoms with Crippen LogP contribution in [-0.4, -0.2) is 151 Å². The number of aromatic nitrogens is 6. The summed E-state index contributed by atoms with van der Waals surface area (Å²) in [7, 11) is 3.42. The van der Waals surface area contributed by atoms with E-state index >= 15 is 0 Å². The van der Waals surface area contributed by atoms with Crippen molar-refractivity contribution in [2.75, 3.05) is 27.3 Å². The quantitative estimate of drug-likeness (QED) is 0.0478. The number of nitrogens with one attached hydrogen (secondary N) is 6. The van der Waals surface area contributed by atoms with Gasteiger partial charge < -0.3 is 46.4 Å². The Balaban J connectivity index is 0.756. The van der Waals surface area contributed by atoms with Gasteiger partial charge in [-0.25, -0.2) is 0 Å². The van der Waals surface area contributed by atoms with Crippen LogP contribution in [0.4, 0.5) is 0 Å². The van der Waals surface area contributed by atoms with Crippen LogP contribution in [0.2, 0.25) is 0 Å². The summed E-state index contributed by atoms with van der Waals surface area (Å²) in [6, 6.07) is 14.6. The van der Waals surface area contributed by atoms with Gasteiger partial charge in [0, 0.05) is 38.4 Å². The number of fused-ring (bicyclic) bond motifs is 2. The van der Waals surface area contributed by atoms with Crippen LogP contribution >= 0.6 is 0 Å². The maximum atomic E-state index is 14.2. The van der Waals surface area contributed by atoms with Crippen molar-refractivity contribution in [2.45, 2.75) is 203 Å². The van der Waals surface area contributed by atoms with Crippen LogP contribution in [-0.2, 0) is 46.6 Å². The first-order valence-electron chi connectivity index (χ1n) is 29.1. The van der Waals surface area contributed by atoms with Gasteiger partial charge in [-0.15, -0.1) is 10.2 Å². The topological polar surface area (TPSA) is 252 Å². The van der Waals surface area contributed by atoms with Gasteiger partial charge in [0.15, 0.2) is 0 Å². The number of unbranched alkanes of at least 4 members (excludes halogenated alkanes) is 4. The highest BCUT2D eigenvalue weighted by Gasteiger charge is 2.46. The highest BCUT2D eigenvalue weighted by atomic mass is 16.5. The van der Waals surface area contributed by atoms with Crippen LogP contribution in [0.3, 0.4) is 0 Å². The summed E-state index contributed by atoms with van der Waals surface area (Å²) in [4.78, 5) is 85.8. The lowest BCUT2D eigenvalue weighted by molar-refractivity contribution is -0.144. The molecule has 2 aromatic heterocycles. The molecule has 0 unspecified atom stereocenters. The lowest BCUT2D eigenvalue weighted by Gasteiger charge is -2.36. The highest BCUT2D eigenvalue weighted by Crippen LogP contribution is 2.34. The minimum absolute atomic E-state index is 0.0487. The van der Waals surface area contributed by atoms with Crippen molar-refractivity contribution < 1.29 is 33.5 Å². The molecule has 4 aliphatic heterocycles. The van der Waals surface area contributed by atoms with Crippen LogP contribution in [0.25, 0.3) is 0 Å². The first-order valence-corrected chi connectivity index (χ1v) is 29.1. The molecule has 6 amide bonds. The number of amides is 6. The first kappa shape index (κ1) is 58.6. The van der Waals surface area contributed by atoms with E-state index in [4.69, 9.17) is 4.74 Å². The first-order chi connectivity index (χ1) is 38.4. The van der Waals surface area contributed by atoms with Crippen molar-refractivity contribution >= 4 is 35.4 Å². The Morgan fingerprint density at radius 3 is 1.35 bits per heavy atom. The summed E-state index contributed by atoms with van der Waals surface area (Å²) in [5.74, 6) is -1.33. The van der Waals surface area contributed by atoms with Gasteiger partial charge in [0.25, 0.3) is 0 Å². The van der Waals surface area contributed by atoms with Crippen LogP contribution in [0.5, 0.6) is 0 Å². The van der Waals surface area contributed by atoms with E-state index in [1.54, 1.807) is 37.7 Å². The molecule has 0 spiro atoms. The molecule has 4 aliphatic rings. The zero-order valence-corrected chi connectivity index (χ0v) is 46.7. The van der Waals surface area contributed by atoms with Gasteiger partial charge in [-0.1, -0.05) is 96.8 Å². The summed E-state index contributed by atoms with van der Waals surface area (Å²) < 4.78 is 9.64. The van der Waals surface area contributed by atoms with Crippen molar-refractivity contribution in [1.82, 2.24) is 71.7 Å². The average Bonchev–Trinajstić information content (AvgIpc) is 4.43. The van der Waals surface area contributed by atoms with Gasteiger partial charge >= 0.3 is 0 Å². The third-order valence-electron chi connectivity index (χ3n) is 16.5. The maximum Gasteiger partial charge on any atom is 0.246 e. The number of hydrogen-bond acceptors (Lipinski definition) is 13. The van der Waals surface area contributed by atoms with Crippen LogP contribution in [0, 0.1) is 0 Å². The fourth-order valence-electron chi connectivity index (χ4n) is 11.6. The summed E-state index contributed by atoms with van der Waals surface area (Å²) in [5, 5.41) is 36.2. The zero-order valence-electron chi connectivity index (χ0n) is 46.7. The molecular weight excluding hydrogens is 1000 g/mol. The van der Waals surface area contributed by atoms with Crippen molar-refractivity contribution in [2.24, 2.45) is 0 Å². The molecule has 4 aromatic rings. The highest BCUT2D eigenvalue weighted by molar-refractivity contribution is 5.95. The second kappa shape index (κ2) is 29.0. The number of benzene rings is 2. The predicted octanol–water partition coefficient (Wildman–Crippen LogP) is 4.39. The summed E-state index contributed by atoms with van der Waals surface area (Å²) >= 11 is 0. The number of ether oxygens (including phenoxy) is 1. The van der Waals surface area contributed by atoms with Gasteiger partial charge in [-0.2, -0.15) is 0 Å². The van der Waals surface area contributed by atoms with Gasteiger partial charge in [0.1, 0.15) is 35.6 Å². The number of rotatable bonds is 26. The van der Waals surface area contributed by atoms with Crippen molar-refractivity contribution in [3.63, 3.8) is 0 Å². The SMILES string of the molecule is CN[C@@H](C)C(=O)N[C@H]1CCCC[C@H]2CC[C@@H](C(=O)N[C@H](c3ccccc3)c3cn(CCCCCOCCCCCn4cc([C@@H](NC(=O)[C@@H]5CC[C@@H]6CCCC[C@H](NC(=O)[C@H](C)NC)C(=O)N65)c5ccccc5)nn4)nn3)N2C1=O. The maximum absolute atomic E-state index is 14.2. The second-order valence-electron chi connectivity index (χ2n) is 21.9. The number of carbonyl (C=O) groups is 6. The molecule has 2 aromatic carbocycles. The summed E-state index contributed by atoms with van der Waals surface area (Å²) in [6.45, 7) is 6.17. The van der Waals surface area contributed by atoms with E-state index in [2.05, 4.69) is 52.5 Å². The molecule has 4 saturated heterocycles. The molecule has 21 nitrogen and oxygen atoms in total. The van der Waals surface area contributed by atoms with Crippen molar-refractivity contribution in [1.29, 1.82) is 0 Å². The molecule has 0 radical (unpaired) electrons. The molecule has 4 fully saturated rings. The molecule has 8 rings (SSSR count). The van der Waals surface area contributed by atoms with Gasteiger partial charge in [-0.3, -0.25) is 38.1 Å². The largest absolute Gasteiger partial charge is 0.381 e. The second-order valence-corrected chi connectivity index (χ2v) is 21.9. The van der Waals surface area contributed by atoms with Crippen molar-refractivity contribution in [3.8, 4) is 0 Å². The van der Waals surface area contributed by atoms with Gasteiger partial charge in [0.2, 0.25) is 35.4 Å². The Morgan fingerprint density at radius 2 is 0.949 bits per heavy atom. The molecule has 10 atom stereocenters. The fourth-order valence-corrected chi connectivity index (χ4v) is 11.6. The summed E-state index contributed by atoms with van der Waals surface area (Å²) in [5.41, 5.74) is 2.96. The Bertz CT molecular complexity index is 2440. The van der Waals surface area contributed by atoms with Crippen LogP contribution < -0.4 is 31.9 Å². The van der Waals surface area contributed by atoms with Crippen LogP contribution in [0.1, 0.15) is 164 Å². The normalized spacial score (nSPS) is 23.0.